The molecule has 6 nitrogen and oxygen atoms in total. The Kier molecular flexibility index (Phi) is 5.14. The number of amides is 2. The van der Waals surface area contributed by atoms with Crippen LogP contribution in [0.2, 0.25) is 5.02 Å². The molecule has 0 fully saturated rings. The summed E-state index contributed by atoms with van der Waals surface area (Å²) in [4.78, 5) is 24.7. The molecule has 0 saturated heterocycles. The van der Waals surface area contributed by atoms with Crippen LogP contribution in [-0.4, -0.2) is 18.9 Å². The number of aryl methyl sites for hydroxylation is 1. The van der Waals surface area contributed by atoms with Crippen LogP contribution in [0.25, 0.3) is 0 Å². The van der Waals surface area contributed by atoms with Gasteiger partial charge in [0.1, 0.15) is 11.4 Å². The highest BCUT2D eigenvalue weighted by Gasteiger charge is 2.24. The molecule has 0 bridgehead atoms. The van der Waals surface area contributed by atoms with E-state index in [0.717, 1.165) is 5.56 Å². The zero-order chi connectivity index (χ0) is 18.7. The molecule has 3 rings (SSSR count). The lowest BCUT2D eigenvalue weighted by molar-refractivity contribution is -0.119. The van der Waals surface area contributed by atoms with E-state index in [1.807, 2.05) is 31.2 Å². The number of hydrogen-bond donors (Lipinski definition) is 2. The van der Waals surface area contributed by atoms with Crippen LogP contribution < -0.4 is 20.5 Å². The molecule has 1 heterocycles. The first kappa shape index (κ1) is 17.8. The van der Waals surface area contributed by atoms with Crippen molar-refractivity contribution in [3.05, 3.63) is 64.8 Å². The summed E-state index contributed by atoms with van der Waals surface area (Å²) in [6, 6.07) is 12.4. The Morgan fingerprint density at radius 1 is 1.23 bits per heavy atom. The third-order valence-electron chi connectivity index (χ3n) is 3.91. The molecule has 26 heavy (non-hydrogen) atoms. The van der Waals surface area contributed by atoms with E-state index in [2.05, 4.69) is 10.7 Å². The van der Waals surface area contributed by atoms with Gasteiger partial charge < -0.3 is 10.1 Å². The highest BCUT2D eigenvalue weighted by molar-refractivity contribution is 6.32. The number of anilines is 2. The van der Waals surface area contributed by atoms with Crippen LogP contribution in [0, 0.1) is 6.92 Å². The number of hydrazine groups is 1. The van der Waals surface area contributed by atoms with Crippen LogP contribution in [0.1, 0.15) is 12.0 Å². The number of nitrogens with one attached hydrogen (secondary N) is 2. The number of nitrogens with zero attached hydrogens (tertiary/aromatic N) is 1. The van der Waals surface area contributed by atoms with E-state index in [4.69, 9.17) is 16.3 Å². The predicted octanol–water partition coefficient (Wildman–Crippen LogP) is 3.42. The number of ether oxygens (including phenoxy) is 1. The number of hydrogen-bond acceptors (Lipinski definition) is 4. The summed E-state index contributed by atoms with van der Waals surface area (Å²) in [5.74, 6) is 0.0181. The molecular weight excluding hydrogens is 354 g/mol. The zero-order valence-electron chi connectivity index (χ0n) is 14.4. The maximum Gasteiger partial charge on any atom is 0.273 e. The maximum atomic E-state index is 12.5. The molecule has 0 saturated carbocycles. The summed E-state index contributed by atoms with van der Waals surface area (Å²) in [5, 5.41) is 4.52. The van der Waals surface area contributed by atoms with Crippen LogP contribution in [-0.2, 0) is 9.59 Å². The van der Waals surface area contributed by atoms with Crippen molar-refractivity contribution >= 4 is 34.8 Å². The Hall–Kier alpha value is -2.99. The average molecular weight is 372 g/mol. The molecule has 0 unspecified atom stereocenters. The van der Waals surface area contributed by atoms with Gasteiger partial charge in [-0.15, -0.1) is 0 Å². The molecular formula is C19H18ClN3O3. The van der Waals surface area contributed by atoms with Gasteiger partial charge in [0.25, 0.3) is 5.91 Å². The van der Waals surface area contributed by atoms with Crippen LogP contribution >= 0.6 is 11.6 Å². The molecule has 1 aliphatic rings. The molecule has 7 heteroatoms. The standard InChI is InChI=1S/C19H18ClN3O3/c1-12-3-6-14(7-4-12)23-18(24)10-8-16(22-23)19(25)21-13-5-9-17(26-2)15(20)11-13/h3-9,11,22H,10H2,1-2H3,(H,21,25). The number of methoxy groups -OCH3 is 1. The maximum absolute atomic E-state index is 12.5. The van der Waals surface area contributed by atoms with Gasteiger partial charge in [0, 0.05) is 12.1 Å². The van der Waals surface area contributed by atoms with Crippen LogP contribution in [0.5, 0.6) is 5.75 Å². The topological polar surface area (TPSA) is 70.7 Å². The first-order chi connectivity index (χ1) is 12.5. The monoisotopic (exact) mass is 371 g/mol. The largest absolute Gasteiger partial charge is 0.495 e. The second kappa shape index (κ2) is 7.49. The van der Waals surface area contributed by atoms with E-state index >= 15 is 0 Å². The van der Waals surface area contributed by atoms with Gasteiger partial charge in [-0.3, -0.25) is 15.0 Å². The Morgan fingerprint density at radius 2 is 1.96 bits per heavy atom. The average Bonchev–Trinajstić information content (AvgIpc) is 2.63. The van der Waals surface area contributed by atoms with Crippen molar-refractivity contribution < 1.29 is 14.3 Å². The highest BCUT2D eigenvalue weighted by atomic mass is 35.5. The van der Waals surface area contributed by atoms with E-state index in [-0.39, 0.29) is 23.9 Å². The van der Waals surface area contributed by atoms with Crippen molar-refractivity contribution in [2.75, 3.05) is 17.4 Å². The highest BCUT2D eigenvalue weighted by Crippen LogP contribution is 2.27. The van der Waals surface area contributed by atoms with E-state index in [1.54, 1.807) is 24.3 Å². The molecule has 0 aromatic heterocycles. The fourth-order valence-electron chi connectivity index (χ4n) is 2.50. The van der Waals surface area contributed by atoms with Gasteiger partial charge in [-0.05, 0) is 43.3 Å². The molecule has 2 aromatic rings. The van der Waals surface area contributed by atoms with Crippen molar-refractivity contribution in [2.45, 2.75) is 13.3 Å². The van der Waals surface area contributed by atoms with Gasteiger partial charge in [0.05, 0.1) is 17.8 Å². The third kappa shape index (κ3) is 3.81. The van der Waals surface area contributed by atoms with E-state index in [9.17, 15) is 9.59 Å². The number of carbonyl (C=O) groups excluding carboxylic acids is 2. The smallest absolute Gasteiger partial charge is 0.273 e. The summed E-state index contributed by atoms with van der Waals surface area (Å²) in [5.41, 5.74) is 5.45. The molecule has 2 amide bonds. The van der Waals surface area contributed by atoms with Gasteiger partial charge in [-0.1, -0.05) is 29.3 Å². The van der Waals surface area contributed by atoms with Crippen LogP contribution in [0.15, 0.2) is 54.2 Å². The molecule has 2 aromatic carbocycles. The number of carbonyl (C=O) groups is 2. The Labute approximate surface area is 156 Å². The molecule has 134 valence electrons. The summed E-state index contributed by atoms with van der Waals surface area (Å²) in [6.07, 6.45) is 1.69. The first-order valence-electron chi connectivity index (χ1n) is 7.99. The van der Waals surface area contributed by atoms with Crippen molar-refractivity contribution in [1.82, 2.24) is 5.43 Å². The van der Waals surface area contributed by atoms with Crippen LogP contribution in [0.4, 0.5) is 11.4 Å². The first-order valence-corrected chi connectivity index (χ1v) is 8.37. The van der Waals surface area contributed by atoms with Crippen LogP contribution in [0.3, 0.4) is 0 Å². The third-order valence-corrected chi connectivity index (χ3v) is 4.20. The normalized spacial score (nSPS) is 13.7. The van der Waals surface area contributed by atoms with Gasteiger partial charge in [0.15, 0.2) is 0 Å². The lowest BCUT2D eigenvalue weighted by Crippen LogP contribution is -2.47. The lowest BCUT2D eigenvalue weighted by Gasteiger charge is -2.28. The minimum Gasteiger partial charge on any atom is -0.495 e. The Balaban J connectivity index is 1.74. The second-order valence-corrected chi connectivity index (χ2v) is 6.21. The fraction of sp³-hybridized carbons (Fsp3) is 0.158. The summed E-state index contributed by atoms with van der Waals surface area (Å²) in [6.45, 7) is 1.97. The Morgan fingerprint density at radius 3 is 2.62 bits per heavy atom. The SMILES string of the molecule is COc1ccc(NC(=O)C2=CCC(=O)N(c3ccc(C)cc3)N2)cc1Cl. The van der Waals surface area contributed by atoms with E-state index in [0.29, 0.717) is 22.1 Å². The van der Waals surface area contributed by atoms with Crippen molar-refractivity contribution in [1.29, 1.82) is 0 Å². The Bertz CT molecular complexity index is 878. The molecule has 0 aliphatic carbocycles. The van der Waals surface area contributed by atoms with Crippen molar-refractivity contribution in [3.63, 3.8) is 0 Å². The molecule has 1 aliphatic heterocycles. The minimum atomic E-state index is -0.365. The van der Waals surface area contributed by atoms with Crippen molar-refractivity contribution in [3.8, 4) is 5.75 Å². The van der Waals surface area contributed by atoms with Crippen molar-refractivity contribution in [2.24, 2.45) is 0 Å². The predicted molar refractivity (Wildman–Crippen MR) is 101 cm³/mol. The fourth-order valence-corrected chi connectivity index (χ4v) is 2.76. The zero-order valence-corrected chi connectivity index (χ0v) is 15.1. The lowest BCUT2D eigenvalue weighted by atomic mass is 10.2. The summed E-state index contributed by atoms with van der Waals surface area (Å²) >= 11 is 6.07. The van der Waals surface area contributed by atoms with Gasteiger partial charge in [-0.2, -0.15) is 0 Å². The minimum absolute atomic E-state index is 0.132. The molecule has 0 radical (unpaired) electrons. The van der Waals surface area contributed by atoms with Gasteiger partial charge >= 0.3 is 0 Å². The molecule has 0 spiro atoms. The summed E-state index contributed by atoms with van der Waals surface area (Å²) < 4.78 is 5.09. The summed E-state index contributed by atoms with van der Waals surface area (Å²) in [7, 11) is 1.52. The quantitative estimate of drug-likeness (QED) is 0.863. The van der Waals surface area contributed by atoms with Gasteiger partial charge in [0.2, 0.25) is 5.91 Å². The van der Waals surface area contributed by atoms with E-state index < -0.39 is 0 Å². The van der Waals surface area contributed by atoms with E-state index in [1.165, 1.54) is 12.1 Å². The number of rotatable bonds is 4. The van der Waals surface area contributed by atoms with Gasteiger partial charge in [-0.25, -0.2) is 5.01 Å². The number of halogens is 1. The molecule has 0 atom stereocenters. The number of benzene rings is 2. The molecule has 2 N–H and O–H groups in total. The second-order valence-electron chi connectivity index (χ2n) is 5.80.